The van der Waals surface area contributed by atoms with Gasteiger partial charge in [0.15, 0.2) is 0 Å². The summed E-state index contributed by atoms with van der Waals surface area (Å²) in [6.45, 7) is 34.8. The van der Waals surface area contributed by atoms with Crippen LogP contribution in [0.3, 0.4) is 0 Å². The lowest BCUT2D eigenvalue weighted by molar-refractivity contribution is -0.260. The van der Waals surface area contributed by atoms with E-state index in [1.54, 1.807) is 34.6 Å². The molecule has 0 aromatic carbocycles. The van der Waals surface area contributed by atoms with Gasteiger partial charge in [-0.1, -0.05) is 60.6 Å². The first-order valence-corrected chi connectivity index (χ1v) is 28.4. The predicted octanol–water partition coefficient (Wildman–Crippen LogP) is 12.2. The van der Waals surface area contributed by atoms with Crippen molar-refractivity contribution in [2.75, 3.05) is 0 Å². The first-order chi connectivity index (χ1) is 34.8. The topological polar surface area (TPSA) is 192 Å². The van der Waals surface area contributed by atoms with Crippen LogP contribution in [0.5, 0.6) is 0 Å². The molecule has 4 unspecified atom stereocenters. The highest BCUT2D eigenvalue weighted by Gasteiger charge is 2.65. The first kappa shape index (κ1) is 61.8. The van der Waals surface area contributed by atoms with Crippen LogP contribution in [0.1, 0.15) is 229 Å². The van der Waals surface area contributed by atoms with Gasteiger partial charge in [0.1, 0.15) is 28.0 Å². The number of esters is 5. The molecule has 0 aromatic heterocycles. The van der Waals surface area contributed by atoms with Crippen molar-refractivity contribution in [3.05, 3.63) is 60.8 Å². The maximum atomic E-state index is 11.8. The van der Waals surface area contributed by atoms with E-state index in [0.29, 0.717) is 71.3 Å². The second-order valence-electron chi connectivity index (χ2n) is 25.8. The van der Waals surface area contributed by atoms with Crippen molar-refractivity contribution in [1.82, 2.24) is 0 Å². The lowest BCUT2D eigenvalue weighted by Crippen LogP contribution is -2.66. The molecule has 8 bridgehead atoms. The van der Waals surface area contributed by atoms with E-state index in [1.807, 2.05) is 0 Å². The normalized spacial score (nSPS) is 33.0. The fraction of sp³-hybridized carbons (Fsp3) is 0.758. The Bertz CT molecular complexity index is 2080. The molecule has 422 valence electrons. The molecular weight excluding hydrogens is 953 g/mol. The number of hydrogen-bond acceptors (Lipinski definition) is 13. The van der Waals surface area contributed by atoms with E-state index in [9.17, 15) is 39.3 Å². The molecule has 11 rings (SSSR count). The first-order valence-electron chi connectivity index (χ1n) is 28.4. The summed E-state index contributed by atoms with van der Waals surface area (Å²) in [4.78, 5) is 57.6. The van der Waals surface area contributed by atoms with Gasteiger partial charge in [0.25, 0.3) is 0 Å². The highest BCUT2D eigenvalue weighted by atomic mass is 16.6. The number of ether oxygens (including phenoxy) is 5. The predicted molar refractivity (Wildman–Crippen MR) is 290 cm³/mol. The SMILES string of the molecule is C=C(C)C(=O)OC1(C(C)C)CCCC1.C=C(C)C(=O)OC1(CC)CCCC1.C=C(C)C(=O)OC1(CC)CCCC1.C=C(C)C(=O)OC12CC3CC(CC(O)(C3)C1)C2.C=C(C)C(=O)OC12CC3CC(O)(CC(O)(C3)C1)C2. The average molecular weight is 1050 g/mol. The zero-order chi connectivity index (χ0) is 56.0. The lowest BCUT2D eigenvalue weighted by Gasteiger charge is -2.62. The minimum atomic E-state index is -0.858. The molecule has 4 atom stereocenters. The average Bonchev–Trinajstić information content (AvgIpc) is 4.08. The van der Waals surface area contributed by atoms with E-state index in [-0.39, 0.29) is 46.6 Å². The summed E-state index contributed by atoms with van der Waals surface area (Å²) in [5.74, 6) is 0.327. The van der Waals surface area contributed by atoms with Crippen molar-refractivity contribution in [3.8, 4) is 0 Å². The molecule has 0 saturated heterocycles. The van der Waals surface area contributed by atoms with Crippen LogP contribution in [0.25, 0.3) is 0 Å². The summed E-state index contributed by atoms with van der Waals surface area (Å²) in [6.07, 6.45) is 24.0. The maximum Gasteiger partial charge on any atom is 0.333 e. The highest BCUT2D eigenvalue weighted by molar-refractivity contribution is 5.89. The fourth-order valence-corrected chi connectivity index (χ4v) is 14.9. The van der Waals surface area contributed by atoms with Crippen LogP contribution in [-0.2, 0) is 47.7 Å². The molecule has 13 nitrogen and oxygen atoms in total. The third-order valence-corrected chi connectivity index (χ3v) is 18.0. The van der Waals surface area contributed by atoms with E-state index < -0.39 is 34.0 Å². The summed E-state index contributed by atoms with van der Waals surface area (Å²) >= 11 is 0. The summed E-state index contributed by atoms with van der Waals surface area (Å²) in [7, 11) is 0. The lowest BCUT2D eigenvalue weighted by atomic mass is 9.50. The standard InChI is InChI=1S/C14H20O4.C14H20O3.C12H20O2.2C11H18O2/c1-9(2)11(15)18-14-5-10-3-12(16,7-14)6-13(17,4-10)8-14;1-9(2)12(15)17-14-6-10-3-11(7-14)5-13(16,4-10)8-14;1-9(2)11(13)14-12(10(3)4)7-5-6-8-12;2*1-4-11(7-5-6-8-11)13-10(12)9(2)3/h10,16-17H,1,3-8H2,2H3;10-11,16H,1,3-8H2,2H3;10H,1,5-8H2,2-4H3;2*2,4-8H2,1,3H3. The highest BCUT2D eigenvalue weighted by Crippen LogP contribution is 2.61. The molecule has 0 radical (unpaired) electrons. The monoisotopic (exact) mass is 1050 g/mol. The summed E-state index contributed by atoms with van der Waals surface area (Å²) in [5.41, 5.74) is -1.60. The molecule has 11 saturated carbocycles. The molecule has 3 N–H and O–H groups in total. The van der Waals surface area contributed by atoms with E-state index >= 15 is 0 Å². The Kier molecular flexibility index (Phi) is 20.0. The Morgan fingerprint density at radius 2 is 0.733 bits per heavy atom. The fourth-order valence-electron chi connectivity index (χ4n) is 14.9. The van der Waals surface area contributed by atoms with Gasteiger partial charge in [-0.05, 0) is 200 Å². The smallest absolute Gasteiger partial charge is 0.333 e. The minimum Gasteiger partial charge on any atom is -0.456 e. The summed E-state index contributed by atoms with van der Waals surface area (Å²) in [5, 5.41) is 31.5. The third-order valence-electron chi connectivity index (χ3n) is 18.0. The van der Waals surface area contributed by atoms with Crippen LogP contribution >= 0.6 is 0 Å². The minimum absolute atomic E-state index is 0.171. The molecule has 0 heterocycles. The van der Waals surface area contributed by atoms with Crippen molar-refractivity contribution >= 4 is 29.8 Å². The molecule has 11 aliphatic rings. The van der Waals surface area contributed by atoms with Crippen molar-refractivity contribution in [2.45, 2.75) is 274 Å². The largest absolute Gasteiger partial charge is 0.456 e. The zero-order valence-corrected chi connectivity index (χ0v) is 47.7. The van der Waals surface area contributed by atoms with Crippen molar-refractivity contribution in [2.24, 2.45) is 23.7 Å². The van der Waals surface area contributed by atoms with Crippen LogP contribution < -0.4 is 0 Å². The maximum absolute atomic E-state index is 11.8. The van der Waals surface area contributed by atoms with E-state index in [4.69, 9.17) is 23.7 Å². The molecular formula is C62H96O13. The number of carbonyl (C=O) groups excluding carboxylic acids is 5. The van der Waals surface area contributed by atoms with Gasteiger partial charge in [0.05, 0.1) is 16.8 Å². The van der Waals surface area contributed by atoms with Gasteiger partial charge in [-0.25, -0.2) is 24.0 Å². The second kappa shape index (κ2) is 24.3. The van der Waals surface area contributed by atoms with Crippen molar-refractivity contribution in [1.29, 1.82) is 0 Å². The Labute approximate surface area is 449 Å². The van der Waals surface area contributed by atoms with E-state index in [1.165, 1.54) is 44.9 Å². The van der Waals surface area contributed by atoms with Gasteiger partial charge >= 0.3 is 29.8 Å². The molecule has 75 heavy (non-hydrogen) atoms. The zero-order valence-electron chi connectivity index (χ0n) is 47.7. The van der Waals surface area contributed by atoms with Gasteiger partial charge < -0.3 is 39.0 Å². The molecule has 11 aliphatic carbocycles. The van der Waals surface area contributed by atoms with Gasteiger partial charge in [-0.15, -0.1) is 0 Å². The van der Waals surface area contributed by atoms with Crippen LogP contribution in [0.15, 0.2) is 60.8 Å². The number of aliphatic hydroxyl groups is 3. The number of hydrogen-bond donors (Lipinski definition) is 3. The van der Waals surface area contributed by atoms with E-state index in [2.05, 4.69) is 60.6 Å². The van der Waals surface area contributed by atoms with Crippen molar-refractivity contribution < 1.29 is 63.0 Å². The molecule has 0 spiro atoms. The molecule has 13 heteroatoms. The Morgan fingerprint density at radius 1 is 0.427 bits per heavy atom. The quantitative estimate of drug-likeness (QED) is 0.0897. The van der Waals surface area contributed by atoms with Crippen LogP contribution in [0.2, 0.25) is 0 Å². The van der Waals surface area contributed by atoms with Crippen LogP contribution in [-0.4, -0.2) is 90.0 Å². The number of rotatable bonds is 13. The third kappa shape index (κ3) is 15.8. The van der Waals surface area contributed by atoms with Gasteiger partial charge in [0.2, 0.25) is 0 Å². The summed E-state index contributed by atoms with van der Waals surface area (Å²) < 4.78 is 27.8. The Morgan fingerprint density at radius 3 is 1.07 bits per heavy atom. The van der Waals surface area contributed by atoms with Gasteiger partial charge in [-0.2, -0.15) is 0 Å². The van der Waals surface area contributed by atoms with Gasteiger partial charge in [0, 0.05) is 53.5 Å². The van der Waals surface area contributed by atoms with Gasteiger partial charge in [-0.3, -0.25) is 0 Å². The van der Waals surface area contributed by atoms with Crippen LogP contribution in [0.4, 0.5) is 0 Å². The second-order valence-corrected chi connectivity index (χ2v) is 25.8. The van der Waals surface area contributed by atoms with Crippen LogP contribution in [0, 0.1) is 23.7 Å². The number of carbonyl (C=O) groups is 5. The molecule has 0 aromatic rings. The van der Waals surface area contributed by atoms with E-state index in [0.717, 1.165) is 96.3 Å². The molecule has 11 fully saturated rings. The molecule has 0 amide bonds. The summed E-state index contributed by atoms with van der Waals surface area (Å²) in [6, 6.07) is 0. The van der Waals surface area contributed by atoms with Crippen molar-refractivity contribution in [3.63, 3.8) is 0 Å². The Balaban J connectivity index is 0.000000175. The Hall–Kier alpha value is -4.07. The molecule has 0 aliphatic heterocycles.